The normalized spacial score (nSPS) is 11.2. The van der Waals surface area contributed by atoms with Gasteiger partial charge in [-0.05, 0) is 30.3 Å². The lowest BCUT2D eigenvalue weighted by Crippen LogP contribution is -2.37. The van der Waals surface area contributed by atoms with Crippen LogP contribution in [0.2, 0.25) is 5.02 Å². The van der Waals surface area contributed by atoms with Crippen molar-refractivity contribution in [3.05, 3.63) is 53.6 Å². The van der Waals surface area contributed by atoms with Crippen molar-refractivity contribution in [2.75, 3.05) is 25.1 Å². The van der Waals surface area contributed by atoms with Gasteiger partial charge >= 0.3 is 0 Å². The van der Waals surface area contributed by atoms with Crippen LogP contribution in [-0.2, 0) is 14.8 Å². The van der Waals surface area contributed by atoms with Crippen LogP contribution in [0.15, 0.2) is 53.4 Å². The van der Waals surface area contributed by atoms with Gasteiger partial charge < -0.3 is 9.64 Å². The third-order valence-corrected chi connectivity index (χ3v) is 5.21. The molecule has 0 spiro atoms. The number of carbonyl (C=O) groups excluding carboxylic acids is 1. The maximum absolute atomic E-state index is 12.5. The van der Waals surface area contributed by atoms with Gasteiger partial charge in [0.15, 0.2) is 0 Å². The van der Waals surface area contributed by atoms with Gasteiger partial charge in [0.05, 0.1) is 7.11 Å². The molecule has 0 saturated carbocycles. The summed E-state index contributed by atoms with van der Waals surface area (Å²) in [6.45, 7) is 1.68. The Morgan fingerprint density at radius 2 is 1.88 bits per heavy atom. The second-order valence-electron chi connectivity index (χ2n) is 5.20. The molecule has 0 unspecified atom stereocenters. The van der Waals surface area contributed by atoms with Crippen molar-refractivity contribution in [2.45, 2.75) is 11.8 Å². The third kappa shape index (κ3) is 4.94. The third-order valence-electron chi connectivity index (χ3n) is 3.49. The van der Waals surface area contributed by atoms with Gasteiger partial charge in [-0.3, -0.25) is 4.79 Å². The molecular weight excluding hydrogens is 364 g/mol. The highest BCUT2D eigenvalue weighted by molar-refractivity contribution is 7.89. The summed E-state index contributed by atoms with van der Waals surface area (Å²) < 4.78 is 32.5. The Bertz CT molecular complexity index is 841. The molecule has 0 atom stereocenters. The van der Waals surface area contributed by atoms with Crippen LogP contribution in [0.3, 0.4) is 0 Å². The maximum Gasteiger partial charge on any atom is 0.244 e. The SMILES string of the molecule is COc1ccc(Cl)cc1S(=O)(=O)NCCN(C(C)=O)c1ccccc1. The van der Waals surface area contributed by atoms with Crippen LogP contribution in [0.4, 0.5) is 5.69 Å². The minimum Gasteiger partial charge on any atom is -0.495 e. The van der Waals surface area contributed by atoms with Crippen molar-refractivity contribution in [1.82, 2.24) is 4.72 Å². The fraction of sp³-hybridized carbons (Fsp3) is 0.235. The van der Waals surface area contributed by atoms with E-state index in [-0.39, 0.29) is 34.7 Å². The number of nitrogens with zero attached hydrogens (tertiary/aromatic N) is 1. The summed E-state index contributed by atoms with van der Waals surface area (Å²) >= 11 is 5.89. The number of methoxy groups -OCH3 is 1. The number of anilines is 1. The van der Waals surface area contributed by atoms with E-state index in [0.29, 0.717) is 5.69 Å². The smallest absolute Gasteiger partial charge is 0.244 e. The summed E-state index contributed by atoms with van der Waals surface area (Å²) in [5.41, 5.74) is 0.703. The van der Waals surface area contributed by atoms with Crippen LogP contribution in [-0.4, -0.2) is 34.5 Å². The highest BCUT2D eigenvalue weighted by Gasteiger charge is 2.20. The first-order valence-electron chi connectivity index (χ1n) is 7.51. The molecule has 2 aromatic rings. The number of para-hydroxylation sites is 1. The van der Waals surface area contributed by atoms with E-state index < -0.39 is 10.0 Å². The number of ether oxygens (including phenoxy) is 1. The lowest BCUT2D eigenvalue weighted by molar-refractivity contribution is -0.116. The lowest BCUT2D eigenvalue weighted by Gasteiger charge is -2.21. The number of nitrogens with one attached hydrogen (secondary N) is 1. The largest absolute Gasteiger partial charge is 0.495 e. The van der Waals surface area contributed by atoms with E-state index in [1.807, 2.05) is 18.2 Å². The highest BCUT2D eigenvalue weighted by Crippen LogP contribution is 2.26. The van der Waals surface area contributed by atoms with Gasteiger partial charge in [0.1, 0.15) is 10.6 Å². The van der Waals surface area contributed by atoms with E-state index in [4.69, 9.17) is 16.3 Å². The molecular formula is C17H19ClN2O4S. The Morgan fingerprint density at radius 1 is 1.20 bits per heavy atom. The topological polar surface area (TPSA) is 75.7 Å². The molecule has 0 fully saturated rings. The second-order valence-corrected chi connectivity index (χ2v) is 7.37. The van der Waals surface area contributed by atoms with Crippen LogP contribution in [0.25, 0.3) is 0 Å². The van der Waals surface area contributed by atoms with Crippen molar-refractivity contribution in [3.8, 4) is 5.75 Å². The number of sulfonamides is 1. The van der Waals surface area contributed by atoms with Gasteiger partial charge in [-0.2, -0.15) is 0 Å². The molecule has 1 N–H and O–H groups in total. The molecule has 0 saturated heterocycles. The number of rotatable bonds is 7. The molecule has 8 heteroatoms. The van der Waals surface area contributed by atoms with Crippen LogP contribution in [0, 0.1) is 0 Å². The molecule has 2 rings (SSSR count). The van der Waals surface area contributed by atoms with Crippen LogP contribution in [0.5, 0.6) is 5.75 Å². The summed E-state index contributed by atoms with van der Waals surface area (Å²) in [4.78, 5) is 13.3. The van der Waals surface area contributed by atoms with E-state index >= 15 is 0 Å². The summed E-state index contributed by atoms with van der Waals surface area (Å²) in [5.74, 6) is 0.0223. The van der Waals surface area contributed by atoms with Gasteiger partial charge in [0, 0.05) is 30.7 Å². The van der Waals surface area contributed by atoms with Crippen LogP contribution >= 0.6 is 11.6 Å². The number of hydrogen-bond acceptors (Lipinski definition) is 4. The Hall–Kier alpha value is -2.09. The standard InChI is InChI=1S/C17H19ClN2O4S/c1-13(21)20(15-6-4-3-5-7-15)11-10-19-25(22,23)17-12-14(18)8-9-16(17)24-2/h3-9,12,19H,10-11H2,1-2H3. The molecule has 134 valence electrons. The zero-order chi connectivity index (χ0) is 18.4. The molecule has 25 heavy (non-hydrogen) atoms. The minimum absolute atomic E-state index is 0.0448. The van der Waals surface area contributed by atoms with Gasteiger partial charge in [-0.25, -0.2) is 13.1 Å². The molecule has 0 aliphatic rings. The van der Waals surface area contributed by atoms with Gasteiger partial charge in [-0.1, -0.05) is 29.8 Å². The lowest BCUT2D eigenvalue weighted by atomic mass is 10.3. The second kappa shape index (κ2) is 8.33. The monoisotopic (exact) mass is 382 g/mol. The summed E-state index contributed by atoms with van der Waals surface area (Å²) in [6, 6.07) is 13.4. The van der Waals surface area contributed by atoms with Gasteiger partial charge in [-0.15, -0.1) is 0 Å². The van der Waals surface area contributed by atoms with E-state index in [0.717, 1.165) is 0 Å². The summed E-state index contributed by atoms with van der Waals surface area (Å²) in [6.07, 6.45) is 0. The van der Waals surface area contributed by atoms with E-state index in [1.54, 1.807) is 18.2 Å². The number of amides is 1. The predicted molar refractivity (Wildman–Crippen MR) is 97.7 cm³/mol. The molecule has 6 nitrogen and oxygen atoms in total. The number of halogens is 1. The van der Waals surface area contributed by atoms with Gasteiger partial charge in [0.25, 0.3) is 0 Å². The number of hydrogen-bond donors (Lipinski definition) is 1. The Kier molecular flexibility index (Phi) is 6.41. The Balaban J connectivity index is 2.12. The zero-order valence-corrected chi connectivity index (χ0v) is 15.5. The van der Waals surface area contributed by atoms with Crippen molar-refractivity contribution >= 4 is 33.2 Å². The zero-order valence-electron chi connectivity index (χ0n) is 13.9. The minimum atomic E-state index is -3.83. The number of carbonyl (C=O) groups is 1. The number of benzene rings is 2. The van der Waals surface area contributed by atoms with E-state index in [9.17, 15) is 13.2 Å². The summed E-state index contributed by atoms with van der Waals surface area (Å²) in [5, 5.41) is 0.288. The van der Waals surface area contributed by atoms with Crippen molar-refractivity contribution in [2.24, 2.45) is 0 Å². The van der Waals surface area contributed by atoms with E-state index in [1.165, 1.54) is 31.1 Å². The highest BCUT2D eigenvalue weighted by atomic mass is 35.5. The van der Waals surface area contributed by atoms with Crippen molar-refractivity contribution in [3.63, 3.8) is 0 Å². The quantitative estimate of drug-likeness (QED) is 0.798. The molecule has 0 bridgehead atoms. The summed E-state index contributed by atoms with van der Waals surface area (Å²) in [7, 11) is -2.44. The fourth-order valence-electron chi connectivity index (χ4n) is 2.31. The predicted octanol–water partition coefficient (Wildman–Crippen LogP) is 2.68. The maximum atomic E-state index is 12.5. The molecule has 2 aromatic carbocycles. The Labute approximate surface area is 152 Å². The molecule has 0 radical (unpaired) electrons. The van der Waals surface area contributed by atoms with Crippen LogP contribution in [0.1, 0.15) is 6.92 Å². The van der Waals surface area contributed by atoms with Crippen molar-refractivity contribution in [1.29, 1.82) is 0 Å². The average Bonchev–Trinajstić information content (AvgIpc) is 2.59. The molecule has 0 heterocycles. The first kappa shape index (κ1) is 19.2. The van der Waals surface area contributed by atoms with Crippen molar-refractivity contribution < 1.29 is 17.9 Å². The molecule has 1 amide bonds. The average molecular weight is 383 g/mol. The molecule has 0 aliphatic heterocycles. The molecule has 0 aromatic heterocycles. The Morgan fingerprint density at radius 3 is 2.48 bits per heavy atom. The fourth-order valence-corrected chi connectivity index (χ4v) is 3.76. The first-order chi connectivity index (χ1) is 11.8. The van der Waals surface area contributed by atoms with Gasteiger partial charge in [0.2, 0.25) is 15.9 Å². The van der Waals surface area contributed by atoms with E-state index in [2.05, 4.69) is 4.72 Å². The first-order valence-corrected chi connectivity index (χ1v) is 9.37. The molecule has 0 aliphatic carbocycles. The van der Waals surface area contributed by atoms with Crippen LogP contribution < -0.4 is 14.4 Å².